The van der Waals surface area contributed by atoms with Crippen molar-refractivity contribution in [3.8, 4) is 0 Å². The SMILES string of the molecule is CCNC(=O)CNC(=O)[C@@H](N)C(C)(C)C. The van der Waals surface area contributed by atoms with Crippen molar-refractivity contribution in [2.75, 3.05) is 13.1 Å². The van der Waals surface area contributed by atoms with Gasteiger partial charge in [-0.25, -0.2) is 0 Å². The van der Waals surface area contributed by atoms with Crippen LogP contribution in [0, 0.1) is 5.41 Å². The number of likely N-dealkylation sites (N-methyl/N-ethyl adjacent to an activating group) is 1. The van der Waals surface area contributed by atoms with Gasteiger partial charge in [-0.05, 0) is 12.3 Å². The highest BCUT2D eigenvalue weighted by molar-refractivity contribution is 5.87. The Hall–Kier alpha value is -1.10. The molecule has 0 aromatic rings. The van der Waals surface area contributed by atoms with Crippen LogP contribution in [0.1, 0.15) is 27.7 Å². The Labute approximate surface area is 90.8 Å². The Morgan fingerprint density at radius 1 is 1.27 bits per heavy atom. The van der Waals surface area contributed by atoms with Gasteiger partial charge in [0.05, 0.1) is 12.6 Å². The van der Waals surface area contributed by atoms with E-state index in [1.54, 1.807) is 0 Å². The zero-order valence-electron chi connectivity index (χ0n) is 9.89. The molecule has 0 bridgehead atoms. The lowest BCUT2D eigenvalue weighted by molar-refractivity contribution is -0.128. The molecule has 0 aromatic heterocycles. The smallest absolute Gasteiger partial charge is 0.239 e. The van der Waals surface area contributed by atoms with E-state index >= 15 is 0 Å². The van der Waals surface area contributed by atoms with Gasteiger partial charge < -0.3 is 16.4 Å². The third kappa shape index (κ3) is 5.37. The van der Waals surface area contributed by atoms with Crippen molar-refractivity contribution in [3.63, 3.8) is 0 Å². The van der Waals surface area contributed by atoms with Gasteiger partial charge in [0.1, 0.15) is 0 Å². The molecule has 0 spiro atoms. The summed E-state index contributed by atoms with van der Waals surface area (Å²) < 4.78 is 0. The largest absolute Gasteiger partial charge is 0.355 e. The highest BCUT2D eigenvalue weighted by atomic mass is 16.2. The van der Waals surface area contributed by atoms with Gasteiger partial charge in [-0.1, -0.05) is 20.8 Å². The van der Waals surface area contributed by atoms with Crippen LogP contribution >= 0.6 is 0 Å². The molecule has 2 amide bonds. The van der Waals surface area contributed by atoms with Gasteiger partial charge in [-0.2, -0.15) is 0 Å². The fourth-order valence-electron chi connectivity index (χ4n) is 0.930. The van der Waals surface area contributed by atoms with Crippen molar-refractivity contribution in [1.82, 2.24) is 10.6 Å². The number of nitrogens with one attached hydrogen (secondary N) is 2. The Balaban J connectivity index is 4.00. The fourth-order valence-corrected chi connectivity index (χ4v) is 0.930. The molecule has 0 fully saturated rings. The van der Waals surface area contributed by atoms with Crippen LogP contribution in [0.5, 0.6) is 0 Å². The van der Waals surface area contributed by atoms with Gasteiger partial charge in [-0.3, -0.25) is 9.59 Å². The summed E-state index contributed by atoms with van der Waals surface area (Å²) in [6.07, 6.45) is 0. The lowest BCUT2D eigenvalue weighted by Gasteiger charge is -2.25. The normalized spacial score (nSPS) is 13.1. The number of carbonyl (C=O) groups is 2. The predicted molar refractivity (Wildman–Crippen MR) is 59.1 cm³/mol. The number of carbonyl (C=O) groups excluding carboxylic acids is 2. The third-order valence-electron chi connectivity index (χ3n) is 2.01. The van der Waals surface area contributed by atoms with E-state index in [-0.39, 0.29) is 23.8 Å². The second kappa shape index (κ2) is 5.70. The van der Waals surface area contributed by atoms with Gasteiger partial charge in [0.2, 0.25) is 11.8 Å². The average molecular weight is 215 g/mol. The van der Waals surface area contributed by atoms with Crippen molar-refractivity contribution in [1.29, 1.82) is 0 Å². The first-order chi connectivity index (χ1) is 6.79. The van der Waals surface area contributed by atoms with Crippen LogP contribution in [0.15, 0.2) is 0 Å². The quantitative estimate of drug-likeness (QED) is 0.597. The number of rotatable bonds is 4. The summed E-state index contributed by atoms with van der Waals surface area (Å²) in [5.41, 5.74) is 5.41. The molecule has 0 saturated carbocycles. The topological polar surface area (TPSA) is 84.2 Å². The van der Waals surface area contributed by atoms with E-state index in [1.165, 1.54) is 0 Å². The van der Waals surface area contributed by atoms with Crippen LogP contribution in [0.2, 0.25) is 0 Å². The molecule has 5 nitrogen and oxygen atoms in total. The van der Waals surface area contributed by atoms with Crippen LogP contribution in [-0.4, -0.2) is 30.9 Å². The van der Waals surface area contributed by atoms with Crippen LogP contribution in [-0.2, 0) is 9.59 Å². The van der Waals surface area contributed by atoms with E-state index in [9.17, 15) is 9.59 Å². The zero-order chi connectivity index (χ0) is 12.1. The Bertz CT molecular complexity index is 233. The van der Waals surface area contributed by atoms with Gasteiger partial charge in [0.15, 0.2) is 0 Å². The average Bonchev–Trinajstić information content (AvgIpc) is 2.12. The van der Waals surface area contributed by atoms with E-state index in [2.05, 4.69) is 10.6 Å². The highest BCUT2D eigenvalue weighted by Gasteiger charge is 2.27. The van der Waals surface area contributed by atoms with Crippen LogP contribution in [0.25, 0.3) is 0 Å². The molecule has 0 aliphatic heterocycles. The summed E-state index contributed by atoms with van der Waals surface area (Å²) >= 11 is 0. The molecule has 0 rings (SSSR count). The Morgan fingerprint density at radius 2 is 1.80 bits per heavy atom. The van der Waals surface area contributed by atoms with Crippen LogP contribution in [0.4, 0.5) is 0 Å². The van der Waals surface area contributed by atoms with E-state index in [4.69, 9.17) is 5.73 Å². The molecular formula is C10H21N3O2. The minimum Gasteiger partial charge on any atom is -0.355 e. The van der Waals surface area contributed by atoms with Gasteiger partial charge in [-0.15, -0.1) is 0 Å². The first-order valence-corrected chi connectivity index (χ1v) is 5.09. The molecule has 15 heavy (non-hydrogen) atoms. The lowest BCUT2D eigenvalue weighted by Crippen LogP contribution is -2.50. The zero-order valence-corrected chi connectivity index (χ0v) is 9.89. The van der Waals surface area contributed by atoms with Crippen molar-refractivity contribution in [2.45, 2.75) is 33.7 Å². The molecule has 4 N–H and O–H groups in total. The maximum absolute atomic E-state index is 11.5. The lowest BCUT2D eigenvalue weighted by atomic mass is 9.87. The minimum absolute atomic E-state index is 0.0174. The van der Waals surface area contributed by atoms with E-state index in [0.717, 1.165) is 0 Å². The number of hydrogen-bond donors (Lipinski definition) is 3. The summed E-state index contributed by atoms with van der Waals surface area (Å²) in [6.45, 7) is 7.99. The number of hydrogen-bond acceptors (Lipinski definition) is 3. The van der Waals surface area contributed by atoms with Crippen LogP contribution < -0.4 is 16.4 Å². The summed E-state index contributed by atoms with van der Waals surface area (Å²) in [7, 11) is 0. The monoisotopic (exact) mass is 215 g/mol. The van der Waals surface area contributed by atoms with E-state index in [0.29, 0.717) is 6.54 Å². The second-order valence-corrected chi connectivity index (χ2v) is 4.52. The number of amides is 2. The molecular weight excluding hydrogens is 194 g/mol. The predicted octanol–water partition coefficient (Wildman–Crippen LogP) is -0.388. The van der Waals surface area contributed by atoms with E-state index in [1.807, 2.05) is 27.7 Å². The van der Waals surface area contributed by atoms with Crippen molar-refractivity contribution in [3.05, 3.63) is 0 Å². The maximum atomic E-state index is 11.5. The molecule has 0 aromatic carbocycles. The summed E-state index contributed by atoms with van der Waals surface area (Å²) in [5, 5.41) is 5.08. The first kappa shape index (κ1) is 13.9. The van der Waals surface area contributed by atoms with Gasteiger partial charge >= 0.3 is 0 Å². The van der Waals surface area contributed by atoms with Crippen molar-refractivity contribution < 1.29 is 9.59 Å². The summed E-state index contributed by atoms with van der Waals surface area (Å²) in [5.74, 6) is -0.499. The van der Waals surface area contributed by atoms with Crippen LogP contribution in [0.3, 0.4) is 0 Å². The summed E-state index contributed by atoms with van der Waals surface area (Å²) in [4.78, 5) is 22.5. The fraction of sp³-hybridized carbons (Fsp3) is 0.800. The molecule has 0 radical (unpaired) electrons. The minimum atomic E-state index is -0.605. The van der Waals surface area contributed by atoms with Crippen molar-refractivity contribution >= 4 is 11.8 Å². The first-order valence-electron chi connectivity index (χ1n) is 5.09. The van der Waals surface area contributed by atoms with Gasteiger partial charge in [0, 0.05) is 6.54 Å². The third-order valence-corrected chi connectivity index (χ3v) is 2.01. The van der Waals surface area contributed by atoms with Gasteiger partial charge in [0.25, 0.3) is 0 Å². The standard InChI is InChI=1S/C10H21N3O2/c1-5-12-7(14)6-13-9(15)8(11)10(2,3)4/h8H,5-6,11H2,1-4H3,(H,12,14)(H,13,15)/t8-/m1/s1. The molecule has 5 heteroatoms. The second-order valence-electron chi connectivity index (χ2n) is 4.52. The Kier molecular flexibility index (Phi) is 5.28. The maximum Gasteiger partial charge on any atom is 0.239 e. The van der Waals surface area contributed by atoms with E-state index < -0.39 is 6.04 Å². The van der Waals surface area contributed by atoms with Crippen molar-refractivity contribution in [2.24, 2.45) is 11.1 Å². The molecule has 0 aliphatic rings. The molecule has 88 valence electrons. The molecule has 0 heterocycles. The number of nitrogens with two attached hydrogens (primary N) is 1. The Morgan fingerprint density at radius 3 is 2.20 bits per heavy atom. The molecule has 0 aliphatic carbocycles. The molecule has 0 unspecified atom stereocenters. The molecule has 1 atom stereocenters. The highest BCUT2D eigenvalue weighted by Crippen LogP contribution is 2.16. The summed E-state index contributed by atoms with van der Waals surface area (Å²) in [6, 6.07) is -0.605. The molecule has 0 saturated heterocycles.